The van der Waals surface area contributed by atoms with Gasteiger partial charge < -0.3 is 14.7 Å². The van der Waals surface area contributed by atoms with Crippen LogP contribution >= 0.6 is 0 Å². The van der Waals surface area contributed by atoms with E-state index in [1.807, 2.05) is 6.92 Å². The van der Waals surface area contributed by atoms with Gasteiger partial charge in [0.25, 0.3) is 5.91 Å². The Hall–Kier alpha value is -2.73. The molecule has 5 nitrogen and oxygen atoms in total. The number of carbonyl (C=O) groups excluding carboxylic acids is 1. The maximum Gasteiger partial charge on any atom is 0.335 e. The van der Waals surface area contributed by atoms with Crippen LogP contribution in [0.2, 0.25) is 0 Å². The van der Waals surface area contributed by atoms with Gasteiger partial charge in [-0.25, -0.2) is 9.18 Å². The number of amides is 1. The van der Waals surface area contributed by atoms with Crippen LogP contribution in [-0.4, -0.2) is 41.1 Å². The van der Waals surface area contributed by atoms with Crippen LogP contribution in [0, 0.1) is 5.82 Å². The Balaban J connectivity index is 1.85. The van der Waals surface area contributed by atoms with E-state index in [2.05, 4.69) is 0 Å². The number of nitrogens with zero attached hydrogens (tertiary/aromatic N) is 1. The van der Waals surface area contributed by atoms with Crippen molar-refractivity contribution < 1.29 is 23.8 Å². The monoisotopic (exact) mass is 343 g/mol. The van der Waals surface area contributed by atoms with E-state index >= 15 is 0 Å². The van der Waals surface area contributed by atoms with Crippen molar-refractivity contribution in [1.29, 1.82) is 0 Å². The number of ether oxygens (including phenoxy) is 1. The van der Waals surface area contributed by atoms with Crippen molar-refractivity contribution in [3.63, 3.8) is 0 Å². The van der Waals surface area contributed by atoms with E-state index in [9.17, 15) is 14.0 Å². The maximum atomic E-state index is 13.5. The Kier molecular flexibility index (Phi) is 4.81. The Bertz CT molecular complexity index is 808. The summed E-state index contributed by atoms with van der Waals surface area (Å²) in [6.07, 6.45) is -0.434. The molecule has 1 heterocycles. The number of carboxylic acid groups (broad SMARTS) is 1. The summed E-state index contributed by atoms with van der Waals surface area (Å²) in [4.78, 5) is 25.6. The van der Waals surface area contributed by atoms with Crippen molar-refractivity contribution >= 4 is 11.9 Å². The molecule has 0 spiro atoms. The smallest absolute Gasteiger partial charge is 0.335 e. The third kappa shape index (κ3) is 3.53. The van der Waals surface area contributed by atoms with Gasteiger partial charge >= 0.3 is 5.97 Å². The molecule has 0 aliphatic carbocycles. The third-order valence-corrected chi connectivity index (χ3v) is 4.35. The van der Waals surface area contributed by atoms with Gasteiger partial charge in [-0.05, 0) is 42.8 Å². The van der Waals surface area contributed by atoms with E-state index in [-0.39, 0.29) is 23.3 Å². The lowest BCUT2D eigenvalue weighted by Crippen LogP contribution is -2.48. The van der Waals surface area contributed by atoms with Gasteiger partial charge in [0.15, 0.2) is 0 Å². The second-order valence-electron chi connectivity index (χ2n) is 5.97. The Labute approximate surface area is 144 Å². The fourth-order valence-electron chi connectivity index (χ4n) is 3.08. The van der Waals surface area contributed by atoms with Gasteiger partial charge in [0, 0.05) is 12.1 Å². The molecule has 2 aromatic rings. The average molecular weight is 343 g/mol. The van der Waals surface area contributed by atoms with E-state index in [0.717, 1.165) is 0 Å². The number of carboxylic acids is 1. The van der Waals surface area contributed by atoms with Crippen molar-refractivity contribution in [3.05, 3.63) is 71.0 Å². The molecule has 2 atom stereocenters. The van der Waals surface area contributed by atoms with E-state index in [0.29, 0.717) is 24.3 Å². The quantitative estimate of drug-likeness (QED) is 0.930. The summed E-state index contributed by atoms with van der Waals surface area (Å²) in [5.74, 6) is -1.70. The first-order valence-corrected chi connectivity index (χ1v) is 7.99. The molecule has 1 aliphatic heterocycles. The first kappa shape index (κ1) is 17.1. The summed E-state index contributed by atoms with van der Waals surface area (Å²) in [7, 11) is 0. The number of hydrogen-bond acceptors (Lipinski definition) is 3. The van der Waals surface area contributed by atoms with Crippen LogP contribution in [0.1, 0.15) is 39.3 Å². The number of aromatic carboxylic acids is 1. The molecule has 1 N–H and O–H groups in total. The normalized spacial score (nSPS) is 20.3. The molecule has 6 heteroatoms. The number of rotatable bonds is 3. The highest BCUT2D eigenvalue weighted by Crippen LogP contribution is 2.29. The van der Waals surface area contributed by atoms with Gasteiger partial charge in [0.05, 0.1) is 18.2 Å². The molecule has 2 aromatic carbocycles. The molecule has 130 valence electrons. The molecule has 25 heavy (non-hydrogen) atoms. The zero-order valence-corrected chi connectivity index (χ0v) is 13.7. The number of morpholine rings is 1. The topological polar surface area (TPSA) is 66.8 Å². The molecular formula is C19H18FNO4. The summed E-state index contributed by atoms with van der Waals surface area (Å²) in [5, 5.41) is 9.09. The van der Waals surface area contributed by atoms with Crippen molar-refractivity contribution in [2.45, 2.75) is 19.1 Å². The zero-order chi connectivity index (χ0) is 18.0. The van der Waals surface area contributed by atoms with Crippen molar-refractivity contribution in [2.75, 3.05) is 13.2 Å². The number of benzene rings is 2. The Morgan fingerprint density at radius 1 is 1.16 bits per heavy atom. The first-order chi connectivity index (χ1) is 12.0. The summed E-state index contributed by atoms with van der Waals surface area (Å²) in [6, 6.07) is 11.8. The van der Waals surface area contributed by atoms with Crippen LogP contribution in [-0.2, 0) is 4.74 Å². The molecule has 0 saturated carbocycles. The minimum Gasteiger partial charge on any atom is -0.478 e. The number of halogens is 1. The molecule has 3 rings (SSSR count). The van der Waals surface area contributed by atoms with E-state index in [1.54, 1.807) is 29.2 Å². The minimum atomic E-state index is -1.08. The van der Waals surface area contributed by atoms with Crippen LogP contribution in [0.4, 0.5) is 4.39 Å². The highest BCUT2D eigenvalue weighted by Gasteiger charge is 2.33. The number of carbonyl (C=O) groups is 2. The van der Waals surface area contributed by atoms with Crippen LogP contribution in [0.15, 0.2) is 48.5 Å². The minimum absolute atomic E-state index is 0.0634. The molecule has 1 saturated heterocycles. The van der Waals surface area contributed by atoms with E-state index in [4.69, 9.17) is 9.84 Å². The summed E-state index contributed by atoms with van der Waals surface area (Å²) in [6.45, 7) is 2.56. The van der Waals surface area contributed by atoms with Gasteiger partial charge in [-0.3, -0.25) is 4.79 Å². The molecule has 1 fully saturated rings. The lowest BCUT2D eigenvalue weighted by atomic mass is 9.99. The SMILES string of the molecule is C[C@@H]1[C@@H](c2cccc(F)c2)OCCN1C(=O)c1cccc(C(=O)O)c1. The summed E-state index contributed by atoms with van der Waals surface area (Å²) in [5.41, 5.74) is 1.05. The van der Waals surface area contributed by atoms with Gasteiger partial charge in [-0.2, -0.15) is 0 Å². The van der Waals surface area contributed by atoms with Crippen LogP contribution < -0.4 is 0 Å². The molecule has 1 aliphatic rings. The lowest BCUT2D eigenvalue weighted by molar-refractivity contribution is -0.0552. The molecule has 1 amide bonds. The van der Waals surface area contributed by atoms with E-state index < -0.39 is 12.1 Å². The molecule has 0 bridgehead atoms. The first-order valence-electron chi connectivity index (χ1n) is 7.99. The second-order valence-corrected chi connectivity index (χ2v) is 5.97. The second kappa shape index (κ2) is 7.03. The Morgan fingerprint density at radius 3 is 2.60 bits per heavy atom. The molecule has 0 aromatic heterocycles. The third-order valence-electron chi connectivity index (χ3n) is 4.35. The van der Waals surface area contributed by atoms with Crippen molar-refractivity contribution in [1.82, 2.24) is 4.90 Å². The number of hydrogen-bond donors (Lipinski definition) is 1. The molecule has 0 unspecified atom stereocenters. The van der Waals surface area contributed by atoms with Gasteiger partial charge in [-0.1, -0.05) is 18.2 Å². The highest BCUT2D eigenvalue weighted by molar-refractivity contribution is 5.97. The predicted molar refractivity (Wildman–Crippen MR) is 89.0 cm³/mol. The lowest BCUT2D eigenvalue weighted by Gasteiger charge is -2.39. The molecular weight excluding hydrogens is 325 g/mol. The summed E-state index contributed by atoms with van der Waals surface area (Å²) >= 11 is 0. The maximum absolute atomic E-state index is 13.5. The van der Waals surface area contributed by atoms with E-state index in [1.165, 1.54) is 24.3 Å². The summed E-state index contributed by atoms with van der Waals surface area (Å²) < 4.78 is 19.3. The van der Waals surface area contributed by atoms with Crippen LogP contribution in [0.5, 0.6) is 0 Å². The Morgan fingerprint density at radius 2 is 1.88 bits per heavy atom. The molecule has 0 radical (unpaired) electrons. The fraction of sp³-hybridized carbons (Fsp3) is 0.263. The fourth-order valence-corrected chi connectivity index (χ4v) is 3.08. The highest BCUT2D eigenvalue weighted by atomic mass is 19.1. The van der Waals surface area contributed by atoms with Gasteiger partial charge in [-0.15, -0.1) is 0 Å². The van der Waals surface area contributed by atoms with Crippen molar-refractivity contribution in [2.24, 2.45) is 0 Å². The largest absolute Gasteiger partial charge is 0.478 e. The predicted octanol–water partition coefficient (Wildman–Crippen LogP) is 3.13. The van der Waals surface area contributed by atoms with Crippen LogP contribution in [0.3, 0.4) is 0 Å². The van der Waals surface area contributed by atoms with Crippen LogP contribution in [0.25, 0.3) is 0 Å². The standard InChI is InChI=1S/C19H18FNO4/c1-12-17(13-4-3-7-16(20)11-13)25-9-8-21(12)18(22)14-5-2-6-15(10-14)19(23)24/h2-7,10-12,17H,8-9H2,1H3,(H,23,24)/t12-,17+/m1/s1. The van der Waals surface area contributed by atoms with Gasteiger partial charge in [0.1, 0.15) is 11.9 Å². The van der Waals surface area contributed by atoms with Gasteiger partial charge in [0.2, 0.25) is 0 Å². The van der Waals surface area contributed by atoms with Crippen molar-refractivity contribution in [3.8, 4) is 0 Å². The average Bonchev–Trinajstić information content (AvgIpc) is 2.61. The zero-order valence-electron chi connectivity index (χ0n) is 13.7.